The molecule has 24 heavy (non-hydrogen) atoms. The number of aromatic nitrogens is 1. The minimum Gasteiger partial charge on any atom is -0.508 e. The molecule has 0 radical (unpaired) electrons. The third kappa shape index (κ3) is 2.44. The van der Waals surface area contributed by atoms with E-state index < -0.39 is 0 Å². The van der Waals surface area contributed by atoms with Crippen molar-refractivity contribution in [1.29, 1.82) is 0 Å². The number of phenols is 1. The van der Waals surface area contributed by atoms with Crippen molar-refractivity contribution in [2.24, 2.45) is 0 Å². The normalized spacial score (nSPS) is 12.4. The summed E-state index contributed by atoms with van der Waals surface area (Å²) in [5, 5.41) is 11.2. The molecule has 0 saturated heterocycles. The van der Waals surface area contributed by atoms with E-state index in [1.807, 2.05) is 48.7 Å². The molecule has 3 aromatic carbocycles. The van der Waals surface area contributed by atoms with Gasteiger partial charge in [-0.1, -0.05) is 48.5 Å². The zero-order valence-corrected chi connectivity index (χ0v) is 12.9. The summed E-state index contributed by atoms with van der Waals surface area (Å²) in [6.45, 7) is 0. The van der Waals surface area contributed by atoms with Crippen LogP contribution in [0.15, 0.2) is 79.0 Å². The van der Waals surface area contributed by atoms with Gasteiger partial charge in [0.05, 0.1) is 0 Å². The second-order valence-electron chi connectivity index (χ2n) is 5.84. The maximum Gasteiger partial charge on any atom is 0.123 e. The maximum atomic E-state index is 13.8. The van der Waals surface area contributed by atoms with Gasteiger partial charge in [0.25, 0.3) is 0 Å². The van der Waals surface area contributed by atoms with E-state index in [0.717, 1.165) is 27.6 Å². The standard InChI is InChI=1S/C21H16FNO/c22-15-10-11-19-17(12-15)18(13-23-19)21(14-6-2-1-3-7-14)16-8-4-5-9-20(16)24/h1-13,21,23-24H. The lowest BCUT2D eigenvalue weighted by atomic mass is 9.84. The van der Waals surface area contributed by atoms with Crippen molar-refractivity contribution in [2.45, 2.75) is 5.92 Å². The largest absolute Gasteiger partial charge is 0.508 e. The molecule has 4 aromatic rings. The Hall–Kier alpha value is -3.07. The third-order valence-electron chi connectivity index (χ3n) is 4.37. The second kappa shape index (κ2) is 5.85. The average Bonchev–Trinajstić information content (AvgIpc) is 3.01. The number of halogens is 1. The van der Waals surface area contributed by atoms with Crippen LogP contribution in [0.2, 0.25) is 0 Å². The highest BCUT2D eigenvalue weighted by Crippen LogP contribution is 2.39. The summed E-state index contributed by atoms with van der Waals surface area (Å²) in [5.74, 6) is -0.215. The first-order valence-electron chi connectivity index (χ1n) is 7.83. The van der Waals surface area contributed by atoms with Crippen LogP contribution in [0.4, 0.5) is 4.39 Å². The molecule has 1 atom stereocenters. The van der Waals surface area contributed by atoms with Crippen molar-refractivity contribution < 1.29 is 9.50 Å². The Labute approximate surface area is 139 Å². The molecule has 0 spiro atoms. The summed E-state index contributed by atoms with van der Waals surface area (Å²) in [6.07, 6.45) is 1.90. The summed E-state index contributed by atoms with van der Waals surface area (Å²) in [6, 6.07) is 22.0. The number of benzene rings is 3. The molecule has 0 saturated carbocycles. The lowest BCUT2D eigenvalue weighted by Gasteiger charge is -2.19. The van der Waals surface area contributed by atoms with Crippen LogP contribution in [0.5, 0.6) is 5.75 Å². The molecule has 0 fully saturated rings. The van der Waals surface area contributed by atoms with Crippen LogP contribution in [-0.2, 0) is 0 Å². The lowest BCUT2D eigenvalue weighted by Crippen LogP contribution is -2.03. The number of fused-ring (bicyclic) bond motifs is 1. The van der Waals surface area contributed by atoms with Gasteiger partial charge in [-0.3, -0.25) is 0 Å². The summed E-state index contributed by atoms with van der Waals surface area (Å²) >= 11 is 0. The highest BCUT2D eigenvalue weighted by Gasteiger charge is 2.22. The van der Waals surface area contributed by atoms with Crippen LogP contribution in [-0.4, -0.2) is 10.1 Å². The fraction of sp³-hybridized carbons (Fsp3) is 0.0476. The zero-order chi connectivity index (χ0) is 16.5. The molecule has 118 valence electrons. The SMILES string of the molecule is Oc1ccccc1C(c1ccccc1)c1c[nH]c2ccc(F)cc12. The Morgan fingerprint density at radius 1 is 0.833 bits per heavy atom. The van der Waals surface area contributed by atoms with Crippen molar-refractivity contribution >= 4 is 10.9 Å². The van der Waals surface area contributed by atoms with Crippen LogP contribution in [0, 0.1) is 5.82 Å². The van der Waals surface area contributed by atoms with Gasteiger partial charge in [0.15, 0.2) is 0 Å². The van der Waals surface area contributed by atoms with Crippen molar-refractivity contribution in [3.8, 4) is 5.75 Å². The van der Waals surface area contributed by atoms with Gasteiger partial charge in [-0.05, 0) is 35.4 Å². The minimum absolute atomic E-state index is 0.178. The van der Waals surface area contributed by atoms with Crippen LogP contribution >= 0.6 is 0 Å². The molecule has 1 aromatic heterocycles. The summed E-state index contributed by atoms with van der Waals surface area (Å²) < 4.78 is 13.8. The van der Waals surface area contributed by atoms with E-state index in [0.29, 0.717) is 0 Å². The number of nitrogens with one attached hydrogen (secondary N) is 1. The molecule has 1 unspecified atom stereocenters. The van der Waals surface area contributed by atoms with E-state index in [4.69, 9.17) is 0 Å². The lowest BCUT2D eigenvalue weighted by molar-refractivity contribution is 0.467. The van der Waals surface area contributed by atoms with Gasteiger partial charge in [-0.15, -0.1) is 0 Å². The average molecular weight is 317 g/mol. The Balaban J connectivity index is 1.99. The second-order valence-corrected chi connectivity index (χ2v) is 5.84. The van der Waals surface area contributed by atoms with E-state index in [1.165, 1.54) is 12.1 Å². The molecular weight excluding hydrogens is 301 g/mol. The van der Waals surface area contributed by atoms with Crippen molar-refractivity contribution in [3.05, 3.63) is 102 Å². The molecule has 0 aliphatic rings. The van der Waals surface area contributed by atoms with Gasteiger partial charge in [0, 0.05) is 28.6 Å². The monoisotopic (exact) mass is 317 g/mol. The molecule has 0 aliphatic heterocycles. The van der Waals surface area contributed by atoms with E-state index in [9.17, 15) is 9.50 Å². The molecule has 2 N–H and O–H groups in total. The fourth-order valence-electron chi connectivity index (χ4n) is 3.26. The molecular formula is C21H16FNO. The highest BCUT2D eigenvalue weighted by molar-refractivity contribution is 5.85. The van der Waals surface area contributed by atoms with E-state index in [1.54, 1.807) is 18.2 Å². The number of rotatable bonds is 3. The minimum atomic E-state index is -0.271. The molecule has 0 bridgehead atoms. The van der Waals surface area contributed by atoms with Crippen molar-refractivity contribution in [2.75, 3.05) is 0 Å². The van der Waals surface area contributed by atoms with Crippen LogP contribution in [0.25, 0.3) is 10.9 Å². The number of phenolic OH excluding ortho intramolecular Hbond substituents is 1. The Morgan fingerprint density at radius 2 is 1.58 bits per heavy atom. The van der Waals surface area contributed by atoms with E-state index in [2.05, 4.69) is 4.98 Å². The van der Waals surface area contributed by atoms with Gasteiger partial charge in [0.1, 0.15) is 11.6 Å². The first kappa shape index (κ1) is 14.5. The molecule has 3 heteroatoms. The molecule has 1 heterocycles. The molecule has 4 rings (SSSR count). The van der Waals surface area contributed by atoms with Gasteiger partial charge >= 0.3 is 0 Å². The van der Waals surface area contributed by atoms with Gasteiger partial charge in [-0.2, -0.15) is 0 Å². The number of aromatic amines is 1. The molecule has 0 amide bonds. The summed E-state index contributed by atoms with van der Waals surface area (Å²) in [5.41, 5.74) is 3.66. The highest BCUT2D eigenvalue weighted by atomic mass is 19.1. The van der Waals surface area contributed by atoms with Crippen LogP contribution < -0.4 is 0 Å². The number of hydrogen-bond acceptors (Lipinski definition) is 1. The Bertz CT molecular complexity index is 991. The molecule has 0 aliphatic carbocycles. The number of aromatic hydroxyl groups is 1. The quantitative estimate of drug-likeness (QED) is 0.536. The van der Waals surface area contributed by atoms with Crippen molar-refractivity contribution in [1.82, 2.24) is 4.98 Å². The first-order valence-corrected chi connectivity index (χ1v) is 7.83. The maximum absolute atomic E-state index is 13.8. The van der Waals surface area contributed by atoms with E-state index >= 15 is 0 Å². The topological polar surface area (TPSA) is 36.0 Å². The van der Waals surface area contributed by atoms with Crippen LogP contribution in [0.1, 0.15) is 22.6 Å². The van der Waals surface area contributed by atoms with Gasteiger partial charge < -0.3 is 10.1 Å². The predicted molar refractivity (Wildman–Crippen MR) is 93.8 cm³/mol. The van der Waals surface area contributed by atoms with Gasteiger partial charge in [-0.25, -0.2) is 4.39 Å². The molecule has 2 nitrogen and oxygen atoms in total. The fourth-order valence-corrected chi connectivity index (χ4v) is 3.26. The Morgan fingerprint density at radius 3 is 2.38 bits per heavy atom. The van der Waals surface area contributed by atoms with Gasteiger partial charge in [0.2, 0.25) is 0 Å². The predicted octanol–water partition coefficient (Wildman–Crippen LogP) is 5.19. The summed E-state index contributed by atoms with van der Waals surface area (Å²) in [7, 11) is 0. The summed E-state index contributed by atoms with van der Waals surface area (Å²) in [4.78, 5) is 3.21. The first-order chi connectivity index (χ1) is 11.7. The van der Waals surface area contributed by atoms with E-state index in [-0.39, 0.29) is 17.5 Å². The Kier molecular flexibility index (Phi) is 3.54. The van der Waals surface area contributed by atoms with Crippen LogP contribution in [0.3, 0.4) is 0 Å². The number of para-hydroxylation sites is 1. The van der Waals surface area contributed by atoms with Crippen molar-refractivity contribution in [3.63, 3.8) is 0 Å². The number of H-pyrrole nitrogens is 1. The smallest absolute Gasteiger partial charge is 0.123 e. The zero-order valence-electron chi connectivity index (χ0n) is 12.9. The number of hydrogen-bond donors (Lipinski definition) is 2. The third-order valence-corrected chi connectivity index (χ3v) is 4.37.